The second kappa shape index (κ2) is 9.21. The molecule has 0 aliphatic rings. The largest absolute Gasteiger partial charge is 0.493 e. The number of unbranched alkanes of at least 4 members (excludes halogenated alkanes) is 1. The van der Waals surface area contributed by atoms with E-state index in [0.29, 0.717) is 29.7 Å². The van der Waals surface area contributed by atoms with Gasteiger partial charge < -0.3 is 9.15 Å². The second-order valence-electron chi connectivity index (χ2n) is 7.10. The molecule has 154 valence electrons. The van der Waals surface area contributed by atoms with Crippen molar-refractivity contribution in [1.29, 1.82) is 0 Å². The van der Waals surface area contributed by atoms with Gasteiger partial charge in [0.05, 0.1) is 6.61 Å². The van der Waals surface area contributed by atoms with E-state index in [9.17, 15) is 4.79 Å². The first-order valence-corrected chi connectivity index (χ1v) is 10.1. The van der Waals surface area contributed by atoms with Crippen LogP contribution in [0, 0.1) is 0 Å². The monoisotopic (exact) mass is 400 g/mol. The highest BCUT2D eigenvalue weighted by atomic mass is 19.3. The maximum atomic E-state index is 15.2. The highest BCUT2D eigenvalue weighted by Crippen LogP contribution is 2.39. The number of fused-ring (bicyclic) bond motifs is 1. The minimum atomic E-state index is -3.24. The number of ether oxygens (including phenoxy) is 1. The van der Waals surface area contributed by atoms with Crippen molar-refractivity contribution in [3.05, 3.63) is 75.8 Å². The average Bonchev–Trinajstić information content (AvgIpc) is 2.72. The van der Waals surface area contributed by atoms with E-state index in [1.54, 1.807) is 18.2 Å². The molecule has 0 amide bonds. The minimum absolute atomic E-state index is 0.196. The van der Waals surface area contributed by atoms with Gasteiger partial charge in [0.1, 0.15) is 11.1 Å². The Hall–Kier alpha value is -2.69. The van der Waals surface area contributed by atoms with Gasteiger partial charge in [0.2, 0.25) is 0 Å². The maximum Gasteiger partial charge on any atom is 0.347 e. The van der Waals surface area contributed by atoms with Gasteiger partial charge in [-0.15, -0.1) is 0 Å². The normalized spacial score (nSPS) is 11.7. The van der Waals surface area contributed by atoms with Crippen molar-refractivity contribution in [1.82, 2.24) is 0 Å². The quantitative estimate of drug-likeness (QED) is 0.426. The Balaban J connectivity index is 2.09. The van der Waals surface area contributed by atoms with E-state index < -0.39 is 23.7 Å². The highest BCUT2D eigenvalue weighted by Gasteiger charge is 2.38. The molecule has 0 N–H and O–H groups in total. The van der Waals surface area contributed by atoms with E-state index in [-0.39, 0.29) is 11.8 Å². The van der Waals surface area contributed by atoms with Gasteiger partial charge >= 0.3 is 11.5 Å². The summed E-state index contributed by atoms with van der Waals surface area (Å²) in [5.41, 5.74) is 0.448. The van der Waals surface area contributed by atoms with Crippen LogP contribution in [0.2, 0.25) is 0 Å². The van der Waals surface area contributed by atoms with E-state index >= 15 is 8.78 Å². The van der Waals surface area contributed by atoms with Crippen LogP contribution in [0.5, 0.6) is 5.75 Å². The summed E-state index contributed by atoms with van der Waals surface area (Å²) in [5.74, 6) is -3.38. The molecule has 3 nitrogen and oxygen atoms in total. The van der Waals surface area contributed by atoms with Crippen molar-refractivity contribution in [2.75, 3.05) is 6.61 Å². The molecule has 0 aliphatic carbocycles. The molecule has 3 rings (SSSR count). The molecule has 1 heterocycles. The van der Waals surface area contributed by atoms with Crippen molar-refractivity contribution in [2.45, 2.75) is 51.9 Å². The van der Waals surface area contributed by atoms with Crippen LogP contribution in [0.1, 0.15) is 50.0 Å². The second-order valence-corrected chi connectivity index (χ2v) is 7.10. The molecule has 0 saturated heterocycles. The van der Waals surface area contributed by atoms with Crippen molar-refractivity contribution < 1.29 is 17.9 Å². The Morgan fingerprint density at radius 1 is 1.00 bits per heavy atom. The lowest BCUT2D eigenvalue weighted by Crippen LogP contribution is -2.21. The Morgan fingerprint density at radius 3 is 2.45 bits per heavy atom. The Kier molecular flexibility index (Phi) is 6.68. The Morgan fingerprint density at radius 2 is 1.76 bits per heavy atom. The lowest BCUT2D eigenvalue weighted by atomic mass is 9.95. The summed E-state index contributed by atoms with van der Waals surface area (Å²) in [4.78, 5) is 12.7. The standard InChI is InChI=1S/C24H26F2O3/c1-3-5-12-19-18-13-9-14-20(28-4-2)21(18)23(27)29-22(19)24(25,26)16-15-17-10-7-6-8-11-17/h6-11,13-14H,3-5,12,15-16H2,1-2H3. The first-order valence-electron chi connectivity index (χ1n) is 10.1. The third-order valence-electron chi connectivity index (χ3n) is 5.01. The maximum absolute atomic E-state index is 15.2. The summed E-state index contributed by atoms with van der Waals surface area (Å²) < 4.78 is 41.3. The first kappa shape index (κ1) is 21.0. The fraction of sp³-hybridized carbons (Fsp3) is 0.375. The van der Waals surface area contributed by atoms with Gasteiger partial charge in [0.15, 0.2) is 5.76 Å². The molecule has 0 saturated carbocycles. The highest BCUT2D eigenvalue weighted by molar-refractivity contribution is 5.90. The van der Waals surface area contributed by atoms with E-state index in [0.717, 1.165) is 18.4 Å². The van der Waals surface area contributed by atoms with Crippen molar-refractivity contribution in [2.24, 2.45) is 0 Å². The smallest absolute Gasteiger partial charge is 0.347 e. The van der Waals surface area contributed by atoms with Gasteiger partial charge in [-0.3, -0.25) is 0 Å². The number of hydrogen-bond donors (Lipinski definition) is 0. The van der Waals surface area contributed by atoms with Crippen LogP contribution < -0.4 is 10.4 Å². The molecule has 0 bridgehead atoms. The average molecular weight is 400 g/mol. The van der Waals surface area contributed by atoms with Gasteiger partial charge in [0.25, 0.3) is 0 Å². The number of benzene rings is 2. The summed E-state index contributed by atoms with van der Waals surface area (Å²) in [6, 6.07) is 14.2. The number of aryl methyl sites for hydroxylation is 2. The predicted octanol–water partition coefficient (Wildman–Crippen LogP) is 6.26. The lowest BCUT2D eigenvalue weighted by Gasteiger charge is -2.20. The van der Waals surface area contributed by atoms with Crippen molar-refractivity contribution in [3.8, 4) is 5.75 Å². The van der Waals surface area contributed by atoms with E-state index in [1.165, 1.54) is 0 Å². The minimum Gasteiger partial charge on any atom is -0.493 e. The van der Waals surface area contributed by atoms with Crippen molar-refractivity contribution in [3.63, 3.8) is 0 Å². The van der Waals surface area contributed by atoms with Crippen LogP contribution in [0.4, 0.5) is 8.78 Å². The van der Waals surface area contributed by atoms with Crippen LogP contribution in [-0.4, -0.2) is 6.61 Å². The fourth-order valence-electron chi connectivity index (χ4n) is 3.55. The molecule has 2 aromatic carbocycles. The molecule has 0 atom stereocenters. The zero-order chi connectivity index (χ0) is 20.9. The van der Waals surface area contributed by atoms with E-state index in [2.05, 4.69) is 0 Å². The molecule has 0 spiro atoms. The van der Waals surface area contributed by atoms with Gasteiger partial charge in [0, 0.05) is 12.0 Å². The van der Waals surface area contributed by atoms with Gasteiger partial charge in [-0.05, 0) is 43.2 Å². The number of alkyl halides is 2. The summed E-state index contributed by atoms with van der Waals surface area (Å²) in [6.45, 7) is 4.18. The van der Waals surface area contributed by atoms with E-state index in [1.807, 2.05) is 44.2 Å². The molecule has 3 aromatic rings. The Bertz CT molecular complexity index is 1010. The van der Waals surface area contributed by atoms with Crippen LogP contribution in [0.25, 0.3) is 10.8 Å². The van der Waals surface area contributed by atoms with Crippen LogP contribution in [-0.2, 0) is 18.8 Å². The molecule has 0 unspecified atom stereocenters. The van der Waals surface area contributed by atoms with Crippen molar-refractivity contribution >= 4 is 10.8 Å². The zero-order valence-electron chi connectivity index (χ0n) is 16.8. The molecule has 1 aromatic heterocycles. The van der Waals surface area contributed by atoms with Crippen LogP contribution in [0.15, 0.2) is 57.7 Å². The molecule has 5 heteroatoms. The lowest BCUT2D eigenvalue weighted by molar-refractivity contribution is -0.0371. The molecule has 0 radical (unpaired) electrons. The molecule has 0 aliphatic heterocycles. The molecule has 29 heavy (non-hydrogen) atoms. The first-order chi connectivity index (χ1) is 14.0. The summed E-state index contributed by atoms with van der Waals surface area (Å²) in [5, 5.41) is 0.734. The number of hydrogen-bond acceptors (Lipinski definition) is 3. The molecule has 0 fully saturated rings. The SMILES string of the molecule is CCCCc1c(C(F)(F)CCc2ccccc2)oc(=O)c2c(OCC)cccc12. The van der Waals surface area contributed by atoms with Gasteiger partial charge in [-0.25, -0.2) is 4.79 Å². The van der Waals surface area contributed by atoms with Gasteiger partial charge in [-0.2, -0.15) is 8.78 Å². The summed E-state index contributed by atoms with van der Waals surface area (Å²) >= 11 is 0. The Labute approximate surface area is 169 Å². The van der Waals surface area contributed by atoms with Crippen LogP contribution >= 0.6 is 0 Å². The fourth-order valence-corrected chi connectivity index (χ4v) is 3.55. The van der Waals surface area contributed by atoms with Gasteiger partial charge in [-0.1, -0.05) is 55.8 Å². The third kappa shape index (κ3) is 4.66. The van der Waals surface area contributed by atoms with Crippen LogP contribution in [0.3, 0.4) is 0 Å². The summed E-state index contributed by atoms with van der Waals surface area (Å²) in [6.07, 6.45) is 1.77. The topological polar surface area (TPSA) is 39.4 Å². The van der Waals surface area contributed by atoms with E-state index in [4.69, 9.17) is 9.15 Å². The third-order valence-corrected chi connectivity index (χ3v) is 5.01. The predicted molar refractivity (Wildman–Crippen MR) is 111 cm³/mol. The molecular weight excluding hydrogens is 374 g/mol. The summed E-state index contributed by atoms with van der Waals surface area (Å²) in [7, 11) is 0. The number of halogens is 2. The number of rotatable bonds is 9. The zero-order valence-corrected chi connectivity index (χ0v) is 16.8. The molecular formula is C24H26F2O3.